The van der Waals surface area contributed by atoms with Gasteiger partial charge in [-0.25, -0.2) is 0 Å². The molecule has 3 heterocycles. The number of aliphatic hydroxyl groups excluding tert-OH is 1. The minimum absolute atomic E-state index is 0.0422. The number of ether oxygens (including phenoxy) is 1. The monoisotopic (exact) mass is 449 g/mol. The quantitative estimate of drug-likeness (QED) is 0.349. The predicted octanol–water partition coefficient (Wildman–Crippen LogP) is 4.88. The van der Waals surface area contributed by atoms with Crippen LogP contribution in [0.25, 0.3) is 5.76 Å². The van der Waals surface area contributed by atoms with Gasteiger partial charge in [-0.3, -0.25) is 9.59 Å². The van der Waals surface area contributed by atoms with Crippen LogP contribution in [0.1, 0.15) is 34.9 Å². The Hall–Kier alpha value is -3.51. The van der Waals surface area contributed by atoms with Gasteiger partial charge in [-0.05, 0) is 66.4 Å². The number of halogens is 1. The molecular weight excluding hydrogens is 430 g/mol. The number of fused-ring (bicyclic) bond motifs is 1. The molecule has 1 atom stereocenters. The second kappa shape index (κ2) is 8.20. The average Bonchev–Trinajstić information content (AvgIpc) is 3.41. The number of carbonyl (C=O) groups is 2. The van der Waals surface area contributed by atoms with Gasteiger partial charge in [0.25, 0.3) is 11.7 Å². The summed E-state index contributed by atoms with van der Waals surface area (Å²) in [6.45, 7) is 0.756. The van der Waals surface area contributed by atoms with Crippen molar-refractivity contribution in [2.75, 3.05) is 6.61 Å². The molecule has 0 bridgehead atoms. The summed E-state index contributed by atoms with van der Waals surface area (Å²) in [6.07, 6.45) is 3.22. The van der Waals surface area contributed by atoms with Crippen LogP contribution in [0.15, 0.2) is 70.9 Å². The molecule has 0 saturated carbocycles. The highest BCUT2D eigenvalue weighted by Gasteiger charge is 2.46. The number of ketones is 1. The third-order valence-electron chi connectivity index (χ3n) is 5.81. The largest absolute Gasteiger partial charge is 0.507 e. The van der Waals surface area contributed by atoms with Gasteiger partial charge in [0.1, 0.15) is 17.3 Å². The zero-order valence-electron chi connectivity index (χ0n) is 17.1. The van der Waals surface area contributed by atoms with Crippen LogP contribution < -0.4 is 4.74 Å². The maximum atomic E-state index is 13.1. The Balaban J connectivity index is 1.63. The molecule has 1 amide bonds. The number of likely N-dealkylation sites (tertiary alicyclic amines) is 1. The Morgan fingerprint density at radius 3 is 2.69 bits per heavy atom. The fourth-order valence-electron chi connectivity index (χ4n) is 4.27. The Kier molecular flexibility index (Phi) is 5.23. The Bertz CT molecular complexity index is 1210. The maximum Gasteiger partial charge on any atom is 0.296 e. The van der Waals surface area contributed by atoms with Gasteiger partial charge >= 0.3 is 0 Å². The average molecular weight is 450 g/mol. The molecule has 1 unspecified atom stereocenters. The predicted molar refractivity (Wildman–Crippen MR) is 118 cm³/mol. The summed E-state index contributed by atoms with van der Waals surface area (Å²) < 4.78 is 11.1. The number of rotatable bonds is 4. The molecule has 2 aliphatic rings. The van der Waals surface area contributed by atoms with E-state index in [9.17, 15) is 14.7 Å². The van der Waals surface area contributed by atoms with Gasteiger partial charge in [0.05, 0.1) is 31.0 Å². The van der Waals surface area contributed by atoms with Crippen molar-refractivity contribution in [3.63, 3.8) is 0 Å². The first kappa shape index (κ1) is 20.4. The summed E-state index contributed by atoms with van der Waals surface area (Å²) in [5.74, 6) is -0.317. The SMILES string of the molecule is O=C1C(=O)N(Cc2ccco2)C(c2ccc(Cl)cc2)/C1=C(/O)c1ccc2c(c1)CCCO2. The first-order chi connectivity index (χ1) is 15.5. The molecule has 32 heavy (non-hydrogen) atoms. The van der Waals surface area contributed by atoms with Crippen LogP contribution in [0.3, 0.4) is 0 Å². The summed E-state index contributed by atoms with van der Waals surface area (Å²) in [5.41, 5.74) is 2.15. The zero-order chi connectivity index (χ0) is 22.2. The molecular formula is C25H20ClNO5. The fraction of sp³-hybridized carbons (Fsp3) is 0.200. The lowest BCUT2D eigenvalue weighted by atomic mass is 9.94. The number of benzene rings is 2. The van der Waals surface area contributed by atoms with Crippen molar-refractivity contribution in [1.29, 1.82) is 0 Å². The van der Waals surface area contributed by atoms with Crippen LogP contribution in [0.4, 0.5) is 0 Å². The standard InChI is InChI=1S/C25H20ClNO5/c26-18-8-5-15(6-9-18)22-21(24(29)25(30)27(22)14-19-4-2-11-31-19)23(28)17-7-10-20-16(13-17)3-1-12-32-20/h2,4-11,13,22,28H,1,3,12,14H2/b23-21-. The second-order valence-corrected chi connectivity index (χ2v) is 8.27. The van der Waals surface area contributed by atoms with E-state index in [4.69, 9.17) is 20.8 Å². The van der Waals surface area contributed by atoms with Crippen LogP contribution in [0.2, 0.25) is 5.02 Å². The molecule has 0 radical (unpaired) electrons. The van der Waals surface area contributed by atoms with E-state index < -0.39 is 17.7 Å². The first-order valence-corrected chi connectivity index (χ1v) is 10.7. The Morgan fingerprint density at radius 2 is 1.94 bits per heavy atom. The van der Waals surface area contributed by atoms with Gasteiger partial charge in [-0.1, -0.05) is 23.7 Å². The molecule has 3 aromatic rings. The molecule has 7 heteroatoms. The van der Waals surface area contributed by atoms with E-state index in [1.54, 1.807) is 48.5 Å². The van der Waals surface area contributed by atoms with Crippen molar-refractivity contribution < 1.29 is 23.8 Å². The molecule has 2 aliphatic heterocycles. The molecule has 1 aromatic heterocycles. The van der Waals surface area contributed by atoms with Crippen LogP contribution in [0.5, 0.6) is 5.75 Å². The van der Waals surface area contributed by atoms with Gasteiger partial charge in [-0.15, -0.1) is 0 Å². The number of hydrogen-bond donors (Lipinski definition) is 1. The van der Waals surface area contributed by atoms with Crippen LogP contribution >= 0.6 is 11.6 Å². The first-order valence-electron chi connectivity index (χ1n) is 10.4. The number of aliphatic hydroxyl groups is 1. The van der Waals surface area contributed by atoms with Crippen molar-refractivity contribution in [3.05, 3.63) is 93.9 Å². The molecule has 162 valence electrons. The molecule has 6 nitrogen and oxygen atoms in total. The summed E-state index contributed by atoms with van der Waals surface area (Å²) in [4.78, 5) is 27.5. The van der Waals surface area contributed by atoms with Gasteiger partial charge in [0, 0.05) is 10.6 Å². The summed E-state index contributed by atoms with van der Waals surface area (Å²) >= 11 is 6.05. The highest BCUT2D eigenvalue weighted by molar-refractivity contribution is 6.46. The summed E-state index contributed by atoms with van der Waals surface area (Å²) in [6, 6.07) is 14.9. The number of furan rings is 1. The van der Waals surface area contributed by atoms with Crippen LogP contribution in [-0.4, -0.2) is 28.3 Å². The number of carbonyl (C=O) groups excluding carboxylic acids is 2. The van der Waals surface area contributed by atoms with E-state index >= 15 is 0 Å². The number of aryl methyl sites for hydroxylation is 1. The minimum Gasteiger partial charge on any atom is -0.507 e. The molecule has 5 rings (SSSR count). The summed E-state index contributed by atoms with van der Waals surface area (Å²) in [7, 11) is 0. The van der Waals surface area contributed by atoms with E-state index in [1.165, 1.54) is 11.2 Å². The van der Waals surface area contributed by atoms with Crippen LogP contribution in [-0.2, 0) is 22.6 Å². The van der Waals surface area contributed by atoms with Crippen LogP contribution in [0, 0.1) is 0 Å². The fourth-order valence-corrected chi connectivity index (χ4v) is 4.39. The maximum absolute atomic E-state index is 13.1. The van der Waals surface area contributed by atoms with Crippen molar-refractivity contribution >= 4 is 29.1 Å². The zero-order valence-corrected chi connectivity index (χ0v) is 17.8. The van der Waals surface area contributed by atoms with E-state index in [1.807, 2.05) is 6.07 Å². The normalized spacial score (nSPS) is 19.7. The summed E-state index contributed by atoms with van der Waals surface area (Å²) in [5, 5.41) is 11.8. The topological polar surface area (TPSA) is 80.0 Å². The van der Waals surface area contributed by atoms with E-state index in [-0.39, 0.29) is 17.9 Å². The van der Waals surface area contributed by atoms with Gasteiger partial charge in [-0.2, -0.15) is 0 Å². The third-order valence-corrected chi connectivity index (χ3v) is 6.07. The number of nitrogens with zero attached hydrogens (tertiary/aromatic N) is 1. The smallest absolute Gasteiger partial charge is 0.296 e. The molecule has 2 aromatic carbocycles. The van der Waals surface area contributed by atoms with Gasteiger partial charge in [0.15, 0.2) is 0 Å². The lowest BCUT2D eigenvalue weighted by Gasteiger charge is -2.24. The minimum atomic E-state index is -0.773. The second-order valence-electron chi connectivity index (χ2n) is 7.83. The van der Waals surface area contributed by atoms with Crippen molar-refractivity contribution in [2.24, 2.45) is 0 Å². The van der Waals surface area contributed by atoms with E-state index in [2.05, 4.69) is 0 Å². The third kappa shape index (κ3) is 3.56. The van der Waals surface area contributed by atoms with Crippen molar-refractivity contribution in [1.82, 2.24) is 4.90 Å². The lowest BCUT2D eigenvalue weighted by Crippen LogP contribution is -2.29. The molecule has 0 aliphatic carbocycles. The van der Waals surface area contributed by atoms with E-state index in [0.29, 0.717) is 28.5 Å². The Labute approximate surface area is 189 Å². The number of Topliss-reactive ketones (excluding diaryl/α,β-unsaturated/α-hetero) is 1. The van der Waals surface area contributed by atoms with Gasteiger partial charge in [0.2, 0.25) is 0 Å². The highest BCUT2D eigenvalue weighted by Crippen LogP contribution is 2.41. The molecule has 1 N–H and O–H groups in total. The molecule has 0 spiro atoms. The van der Waals surface area contributed by atoms with Crippen molar-refractivity contribution in [3.8, 4) is 5.75 Å². The Morgan fingerprint density at radius 1 is 1.12 bits per heavy atom. The lowest BCUT2D eigenvalue weighted by molar-refractivity contribution is -0.140. The molecule has 1 fully saturated rings. The van der Waals surface area contributed by atoms with Crippen molar-refractivity contribution in [2.45, 2.75) is 25.4 Å². The van der Waals surface area contributed by atoms with E-state index in [0.717, 1.165) is 24.2 Å². The number of amides is 1. The van der Waals surface area contributed by atoms with Gasteiger partial charge < -0.3 is 19.2 Å². The molecule has 1 saturated heterocycles. The number of hydrogen-bond acceptors (Lipinski definition) is 5. The highest BCUT2D eigenvalue weighted by atomic mass is 35.5.